The second-order valence-electron chi connectivity index (χ2n) is 12.6. The molecule has 3 unspecified atom stereocenters. The zero-order valence-electron chi connectivity index (χ0n) is 23.8. The molecule has 5 aliphatic rings. The Balaban J connectivity index is 1.18. The molecule has 4 heterocycles. The number of carbonyl (C=O) groups is 2. The molecule has 2 aliphatic carbocycles. The molecule has 3 atom stereocenters. The lowest BCUT2D eigenvalue weighted by molar-refractivity contribution is -0.162. The Morgan fingerprint density at radius 1 is 1.20 bits per heavy atom. The van der Waals surface area contributed by atoms with E-state index in [0.717, 1.165) is 26.0 Å². The number of methoxy groups -OCH3 is 1. The van der Waals surface area contributed by atoms with Gasteiger partial charge in [0.2, 0.25) is 0 Å². The van der Waals surface area contributed by atoms with E-state index in [4.69, 9.17) is 4.74 Å². The van der Waals surface area contributed by atoms with Crippen LogP contribution >= 0.6 is 11.3 Å². The van der Waals surface area contributed by atoms with Crippen molar-refractivity contribution in [2.75, 3.05) is 26.7 Å². The largest absolute Gasteiger partial charge is 0.481 e. The van der Waals surface area contributed by atoms with Gasteiger partial charge in [0.1, 0.15) is 6.04 Å². The lowest BCUT2D eigenvalue weighted by Gasteiger charge is -2.59. The summed E-state index contributed by atoms with van der Waals surface area (Å²) in [7, 11) is 1.16. The fraction of sp³-hybridized carbons (Fsp3) is 0.533. The zero-order valence-corrected chi connectivity index (χ0v) is 24.6. The Kier molecular flexibility index (Phi) is 7.09. The van der Waals surface area contributed by atoms with Gasteiger partial charge in [-0.05, 0) is 43.6 Å². The van der Waals surface area contributed by atoms with E-state index in [-0.39, 0.29) is 46.6 Å². The second-order valence-corrected chi connectivity index (χ2v) is 13.5. The van der Waals surface area contributed by atoms with Crippen LogP contribution in [0.1, 0.15) is 48.7 Å². The number of halogens is 4. The summed E-state index contributed by atoms with van der Waals surface area (Å²) < 4.78 is 66.0. The number of rotatable bonds is 7. The molecule has 234 valence electrons. The number of aliphatic carboxylic acids is 1. The molecular formula is C30H31F4N5O4S. The molecule has 2 N–H and O–H groups in total. The number of ether oxygens (including phenoxy) is 1. The highest BCUT2D eigenvalue weighted by Gasteiger charge is 2.64. The SMILES string of the molecule is COC(=O)C1=C(CN2CC(F)(F)C3C2CCN3C2CC3(CC(C(=O)O)C3)C2)NC(c2nccs2)=NC1c1cccc(F)c1F. The number of hydrogen-bond donors (Lipinski definition) is 2. The number of amidine groups is 1. The van der Waals surface area contributed by atoms with E-state index in [1.165, 1.54) is 23.5 Å². The maximum Gasteiger partial charge on any atom is 0.338 e. The molecule has 9 nitrogen and oxygen atoms in total. The summed E-state index contributed by atoms with van der Waals surface area (Å²) in [6.45, 7) is -0.147. The summed E-state index contributed by atoms with van der Waals surface area (Å²) in [5, 5.41) is 14.5. The van der Waals surface area contributed by atoms with E-state index in [1.807, 2.05) is 4.90 Å². The van der Waals surface area contributed by atoms with Crippen LogP contribution in [0.4, 0.5) is 17.6 Å². The molecule has 44 heavy (non-hydrogen) atoms. The van der Waals surface area contributed by atoms with Crippen molar-refractivity contribution in [1.29, 1.82) is 0 Å². The lowest BCUT2D eigenvalue weighted by atomic mass is 9.49. The van der Waals surface area contributed by atoms with Gasteiger partial charge in [0.15, 0.2) is 22.5 Å². The quantitative estimate of drug-likeness (QED) is 0.349. The monoisotopic (exact) mass is 633 g/mol. The third-order valence-electron chi connectivity index (χ3n) is 10.0. The van der Waals surface area contributed by atoms with Gasteiger partial charge in [-0.2, -0.15) is 0 Å². The number of nitrogens with zero attached hydrogens (tertiary/aromatic N) is 4. The minimum Gasteiger partial charge on any atom is -0.481 e. The van der Waals surface area contributed by atoms with Crippen molar-refractivity contribution < 1.29 is 37.0 Å². The number of aliphatic imine (C=N–C) groups is 1. The summed E-state index contributed by atoms with van der Waals surface area (Å²) >= 11 is 1.25. The molecule has 1 aromatic heterocycles. The number of aromatic nitrogens is 1. The molecule has 1 aromatic carbocycles. The number of nitrogens with one attached hydrogen (secondary N) is 1. The van der Waals surface area contributed by atoms with Crippen LogP contribution in [0, 0.1) is 23.0 Å². The van der Waals surface area contributed by atoms with Gasteiger partial charge < -0.3 is 15.2 Å². The summed E-state index contributed by atoms with van der Waals surface area (Å²) in [5.41, 5.74) is -0.0938. The first-order valence-corrected chi connectivity index (χ1v) is 15.5. The standard InChI is InChI=1S/C30H31F4N5O4S/c1-43-28(42)21-19(36-25(26-35-6-8-44-26)37-23(21)17-3-2-4-18(31)22(17)32)13-38-14-30(33,34)24-20(38)5-7-39(24)16-11-29(12-16)9-15(10-29)27(40)41/h2-4,6,8,15-16,20,23-24H,5,7,9-14H2,1H3,(H,36,37)(H,40,41). The van der Waals surface area contributed by atoms with Gasteiger partial charge in [-0.25, -0.2) is 27.3 Å². The Labute approximate surface area is 254 Å². The minimum atomic E-state index is -3.03. The van der Waals surface area contributed by atoms with Gasteiger partial charge in [-0.1, -0.05) is 12.1 Å². The average molecular weight is 634 g/mol. The smallest absolute Gasteiger partial charge is 0.338 e. The molecule has 0 amide bonds. The topological polar surface area (TPSA) is 107 Å². The Morgan fingerprint density at radius 3 is 2.66 bits per heavy atom. The van der Waals surface area contributed by atoms with Crippen LogP contribution in [-0.4, -0.2) is 88.5 Å². The van der Waals surface area contributed by atoms with Gasteiger partial charge in [0, 0.05) is 48.0 Å². The van der Waals surface area contributed by atoms with Gasteiger partial charge in [-0.3, -0.25) is 19.6 Å². The number of carboxylic acids is 1. The highest BCUT2D eigenvalue weighted by molar-refractivity contribution is 7.11. The van der Waals surface area contributed by atoms with E-state index in [2.05, 4.69) is 15.3 Å². The van der Waals surface area contributed by atoms with Crippen molar-refractivity contribution in [3.05, 3.63) is 63.3 Å². The minimum absolute atomic E-state index is 0.0211. The number of hydrogen-bond acceptors (Lipinski definition) is 9. The molecule has 2 aromatic rings. The summed E-state index contributed by atoms with van der Waals surface area (Å²) in [6.07, 6.45) is 4.71. The summed E-state index contributed by atoms with van der Waals surface area (Å²) in [6, 6.07) is 0.772. The highest BCUT2D eigenvalue weighted by atomic mass is 32.1. The van der Waals surface area contributed by atoms with Crippen molar-refractivity contribution >= 4 is 29.1 Å². The predicted octanol–water partition coefficient (Wildman–Crippen LogP) is 3.98. The number of esters is 1. The van der Waals surface area contributed by atoms with Gasteiger partial charge in [-0.15, -0.1) is 11.3 Å². The van der Waals surface area contributed by atoms with E-state index in [1.54, 1.807) is 16.5 Å². The van der Waals surface area contributed by atoms with Gasteiger partial charge in [0.05, 0.1) is 31.2 Å². The number of alkyl halides is 2. The van der Waals surface area contributed by atoms with Crippen molar-refractivity contribution in [3.8, 4) is 0 Å². The predicted molar refractivity (Wildman–Crippen MR) is 151 cm³/mol. The first kappa shape index (κ1) is 29.4. The first-order chi connectivity index (χ1) is 21.0. The molecule has 7 rings (SSSR count). The maximum atomic E-state index is 15.8. The molecule has 3 aliphatic heterocycles. The van der Waals surface area contributed by atoms with E-state index >= 15 is 13.2 Å². The third-order valence-corrected chi connectivity index (χ3v) is 10.8. The third kappa shape index (κ3) is 4.72. The number of fused-ring (bicyclic) bond motifs is 1. The molecular weight excluding hydrogens is 602 g/mol. The number of benzene rings is 1. The summed E-state index contributed by atoms with van der Waals surface area (Å²) in [4.78, 5) is 36.8. The Hall–Kier alpha value is -3.36. The highest BCUT2D eigenvalue weighted by Crippen LogP contribution is 2.61. The van der Waals surface area contributed by atoms with Crippen molar-refractivity contribution in [2.45, 2.75) is 62.2 Å². The van der Waals surface area contributed by atoms with Crippen LogP contribution in [0.3, 0.4) is 0 Å². The number of carboxylic acid groups (broad SMARTS) is 1. The van der Waals surface area contributed by atoms with Crippen molar-refractivity contribution in [2.24, 2.45) is 16.3 Å². The van der Waals surface area contributed by atoms with E-state index in [0.29, 0.717) is 30.8 Å². The zero-order chi connectivity index (χ0) is 31.0. The number of likely N-dealkylation sites (tertiary alicyclic amines) is 2. The fourth-order valence-corrected chi connectivity index (χ4v) is 8.71. The lowest BCUT2D eigenvalue weighted by Crippen LogP contribution is -2.60. The van der Waals surface area contributed by atoms with Crippen molar-refractivity contribution in [3.63, 3.8) is 0 Å². The van der Waals surface area contributed by atoms with Crippen LogP contribution < -0.4 is 5.32 Å². The number of carbonyl (C=O) groups excluding carboxylic acids is 1. The molecule has 14 heteroatoms. The average Bonchev–Trinajstić information content (AvgIpc) is 3.67. The number of thiazole rings is 1. The Morgan fingerprint density at radius 2 is 1.98 bits per heavy atom. The Bertz CT molecular complexity index is 1550. The van der Waals surface area contributed by atoms with E-state index < -0.39 is 54.2 Å². The van der Waals surface area contributed by atoms with Crippen molar-refractivity contribution in [1.82, 2.24) is 20.1 Å². The van der Waals surface area contributed by atoms with Crippen LogP contribution in [0.15, 0.2) is 46.0 Å². The molecule has 0 radical (unpaired) electrons. The maximum absolute atomic E-state index is 15.8. The van der Waals surface area contributed by atoms with Crippen LogP contribution in [0.2, 0.25) is 0 Å². The summed E-state index contributed by atoms with van der Waals surface area (Å²) in [5.74, 6) is -7.06. The second kappa shape index (κ2) is 10.6. The van der Waals surface area contributed by atoms with Crippen LogP contribution in [-0.2, 0) is 14.3 Å². The fourth-order valence-electron chi connectivity index (χ4n) is 8.12. The van der Waals surface area contributed by atoms with Crippen LogP contribution in [0.25, 0.3) is 0 Å². The normalized spacial score (nSPS) is 32.9. The molecule has 1 spiro atoms. The molecule has 4 fully saturated rings. The van der Waals surface area contributed by atoms with Gasteiger partial charge >= 0.3 is 11.9 Å². The van der Waals surface area contributed by atoms with E-state index in [9.17, 15) is 19.1 Å². The molecule has 0 bridgehead atoms. The van der Waals surface area contributed by atoms with Crippen LogP contribution in [0.5, 0.6) is 0 Å². The van der Waals surface area contributed by atoms with Gasteiger partial charge in [0.25, 0.3) is 5.92 Å². The molecule has 2 saturated heterocycles. The molecule has 2 saturated carbocycles. The first-order valence-electron chi connectivity index (χ1n) is 14.6.